The molecule has 3 aromatic rings. The molecule has 6 rings (SSSR count). The van der Waals surface area contributed by atoms with Crippen molar-refractivity contribution in [3.05, 3.63) is 70.5 Å². The number of carbonyl (C=O) groups excluding carboxylic acids is 2. The van der Waals surface area contributed by atoms with Gasteiger partial charge in [0.15, 0.2) is 5.78 Å². The van der Waals surface area contributed by atoms with Crippen LogP contribution in [-0.2, 0) is 4.79 Å². The van der Waals surface area contributed by atoms with Crippen LogP contribution in [0.5, 0.6) is 5.75 Å². The van der Waals surface area contributed by atoms with Crippen molar-refractivity contribution in [3.8, 4) is 17.2 Å². The quantitative estimate of drug-likeness (QED) is 0.480. The van der Waals surface area contributed by atoms with Crippen LogP contribution in [0.3, 0.4) is 0 Å². The number of nitrogens with one attached hydrogen (secondary N) is 1. The Morgan fingerprint density at radius 1 is 1.06 bits per heavy atom. The van der Waals surface area contributed by atoms with Crippen molar-refractivity contribution in [2.75, 3.05) is 6.61 Å². The lowest BCUT2D eigenvalue weighted by Crippen LogP contribution is -2.75. The SMILES string of the molecule is O=C(COc1ccc(Cl)c(Cl)c1)CC12CC(NC(=O)c3cnc(-c4ccccc4)o3)(C1)C2. The smallest absolute Gasteiger partial charge is 0.289 e. The fourth-order valence-corrected chi connectivity index (χ4v) is 5.20. The molecule has 1 N–H and O–H groups in total. The highest BCUT2D eigenvalue weighted by Gasteiger charge is 2.68. The van der Waals surface area contributed by atoms with E-state index in [9.17, 15) is 9.59 Å². The maximum Gasteiger partial charge on any atom is 0.289 e. The fourth-order valence-electron chi connectivity index (χ4n) is 4.91. The third kappa shape index (κ3) is 4.00. The zero-order chi connectivity index (χ0) is 22.3. The molecule has 1 amide bonds. The zero-order valence-electron chi connectivity index (χ0n) is 17.1. The molecule has 0 saturated heterocycles. The Morgan fingerprint density at radius 3 is 2.53 bits per heavy atom. The Kier molecular flexibility index (Phi) is 5.22. The molecule has 3 saturated carbocycles. The lowest BCUT2D eigenvalue weighted by atomic mass is 9.38. The zero-order valence-corrected chi connectivity index (χ0v) is 18.6. The van der Waals surface area contributed by atoms with Crippen molar-refractivity contribution in [1.82, 2.24) is 10.3 Å². The summed E-state index contributed by atoms with van der Waals surface area (Å²) in [5, 5.41) is 3.89. The molecule has 0 unspecified atom stereocenters. The minimum atomic E-state index is -0.276. The molecule has 3 fully saturated rings. The first kappa shape index (κ1) is 21.0. The average molecular weight is 471 g/mol. The molecule has 1 heterocycles. The molecular weight excluding hydrogens is 451 g/mol. The van der Waals surface area contributed by atoms with Gasteiger partial charge in [0.2, 0.25) is 11.7 Å². The van der Waals surface area contributed by atoms with Crippen molar-refractivity contribution in [2.24, 2.45) is 5.41 Å². The summed E-state index contributed by atoms with van der Waals surface area (Å²) < 4.78 is 11.2. The van der Waals surface area contributed by atoms with Crippen molar-refractivity contribution < 1.29 is 18.7 Å². The van der Waals surface area contributed by atoms with Gasteiger partial charge in [-0.3, -0.25) is 9.59 Å². The van der Waals surface area contributed by atoms with E-state index in [0.717, 1.165) is 24.8 Å². The first-order chi connectivity index (χ1) is 15.4. The molecule has 6 nitrogen and oxygen atoms in total. The van der Waals surface area contributed by atoms with E-state index in [0.29, 0.717) is 28.1 Å². The molecule has 3 aliphatic carbocycles. The highest BCUT2D eigenvalue weighted by atomic mass is 35.5. The van der Waals surface area contributed by atoms with Gasteiger partial charge in [-0.1, -0.05) is 41.4 Å². The van der Waals surface area contributed by atoms with Crippen molar-refractivity contribution in [2.45, 2.75) is 31.2 Å². The normalized spacial score (nSPS) is 23.1. The number of aromatic nitrogens is 1. The molecular formula is C24H20Cl2N2O4. The topological polar surface area (TPSA) is 81.4 Å². The number of rotatable bonds is 8. The van der Waals surface area contributed by atoms with E-state index in [4.69, 9.17) is 32.4 Å². The number of ketones is 1. The molecule has 164 valence electrons. The summed E-state index contributed by atoms with van der Waals surface area (Å²) in [6.07, 6.45) is 4.23. The highest BCUT2D eigenvalue weighted by Crippen LogP contribution is 2.69. The Morgan fingerprint density at radius 2 is 1.81 bits per heavy atom. The van der Waals surface area contributed by atoms with Crippen LogP contribution in [0.15, 0.2) is 59.1 Å². The summed E-state index contributed by atoms with van der Waals surface area (Å²) in [6.45, 7) is -0.0145. The van der Waals surface area contributed by atoms with Gasteiger partial charge in [0, 0.05) is 23.6 Å². The van der Waals surface area contributed by atoms with Crippen molar-refractivity contribution >= 4 is 34.9 Å². The number of amides is 1. The van der Waals surface area contributed by atoms with E-state index in [-0.39, 0.29) is 35.0 Å². The van der Waals surface area contributed by atoms with Crippen LogP contribution >= 0.6 is 23.2 Å². The number of nitrogens with zero attached hydrogens (tertiary/aromatic N) is 1. The molecule has 32 heavy (non-hydrogen) atoms. The van der Waals surface area contributed by atoms with Crippen LogP contribution in [-0.4, -0.2) is 28.8 Å². The predicted molar refractivity (Wildman–Crippen MR) is 120 cm³/mol. The summed E-state index contributed by atoms with van der Waals surface area (Å²) in [7, 11) is 0. The lowest BCUT2D eigenvalue weighted by molar-refractivity contribution is -0.162. The Balaban J connectivity index is 1.10. The molecule has 0 spiro atoms. The summed E-state index contributed by atoms with van der Waals surface area (Å²) in [6, 6.07) is 14.3. The summed E-state index contributed by atoms with van der Waals surface area (Å²) in [5.41, 5.74) is 0.529. The third-order valence-corrected chi connectivity index (χ3v) is 6.87. The lowest BCUT2D eigenvalue weighted by Gasteiger charge is -2.70. The highest BCUT2D eigenvalue weighted by molar-refractivity contribution is 6.42. The number of carbonyl (C=O) groups is 2. The fraction of sp³-hybridized carbons (Fsp3) is 0.292. The van der Waals surface area contributed by atoms with Crippen LogP contribution in [0.25, 0.3) is 11.5 Å². The van der Waals surface area contributed by atoms with Gasteiger partial charge in [-0.05, 0) is 48.9 Å². The number of oxazole rings is 1. The van der Waals surface area contributed by atoms with Gasteiger partial charge in [-0.2, -0.15) is 0 Å². The van der Waals surface area contributed by atoms with E-state index < -0.39 is 0 Å². The molecule has 3 aliphatic rings. The maximum absolute atomic E-state index is 12.6. The van der Waals surface area contributed by atoms with Gasteiger partial charge in [0.05, 0.1) is 16.2 Å². The summed E-state index contributed by atoms with van der Waals surface area (Å²) in [5.74, 6) is 0.864. The van der Waals surface area contributed by atoms with E-state index in [2.05, 4.69) is 10.3 Å². The molecule has 1 aromatic heterocycles. The largest absolute Gasteiger partial charge is 0.486 e. The van der Waals surface area contributed by atoms with Gasteiger partial charge >= 0.3 is 0 Å². The number of ether oxygens (including phenoxy) is 1. The third-order valence-electron chi connectivity index (χ3n) is 6.13. The molecule has 0 aliphatic heterocycles. The monoisotopic (exact) mass is 470 g/mol. The maximum atomic E-state index is 12.6. The molecule has 2 bridgehead atoms. The molecule has 0 radical (unpaired) electrons. The first-order valence-corrected chi connectivity index (χ1v) is 11.0. The predicted octanol–water partition coefficient (Wildman–Crippen LogP) is 5.34. The van der Waals surface area contributed by atoms with Crippen molar-refractivity contribution in [3.63, 3.8) is 0 Å². The minimum Gasteiger partial charge on any atom is -0.486 e. The van der Waals surface area contributed by atoms with E-state index in [1.165, 1.54) is 6.20 Å². The van der Waals surface area contributed by atoms with E-state index >= 15 is 0 Å². The Bertz CT molecular complexity index is 1170. The second-order valence-electron chi connectivity index (χ2n) is 8.74. The van der Waals surface area contributed by atoms with Crippen LogP contribution in [0, 0.1) is 5.41 Å². The van der Waals surface area contributed by atoms with Crippen LogP contribution in [0.4, 0.5) is 0 Å². The second-order valence-corrected chi connectivity index (χ2v) is 9.55. The standard InChI is InChI=1S/C24H20Cl2N2O4/c25-18-7-6-17(8-19(18)26)31-11-16(29)9-23-12-24(13-23,14-23)28-21(30)20-10-27-22(32-20)15-4-2-1-3-5-15/h1-8,10H,9,11-14H2,(H,28,30). The Labute approximate surface area is 194 Å². The van der Waals surface area contributed by atoms with Gasteiger partial charge in [0.25, 0.3) is 5.91 Å². The van der Waals surface area contributed by atoms with Gasteiger partial charge in [-0.25, -0.2) is 4.98 Å². The first-order valence-electron chi connectivity index (χ1n) is 10.3. The number of hydrogen-bond donors (Lipinski definition) is 1. The van der Waals surface area contributed by atoms with Gasteiger partial charge < -0.3 is 14.5 Å². The van der Waals surface area contributed by atoms with Crippen molar-refractivity contribution in [1.29, 1.82) is 0 Å². The van der Waals surface area contributed by atoms with Crippen LogP contribution < -0.4 is 10.1 Å². The molecule has 0 atom stereocenters. The minimum absolute atomic E-state index is 0.0145. The van der Waals surface area contributed by atoms with Crippen LogP contribution in [0.1, 0.15) is 36.2 Å². The number of halogens is 2. The van der Waals surface area contributed by atoms with Crippen LogP contribution in [0.2, 0.25) is 10.0 Å². The van der Waals surface area contributed by atoms with Gasteiger partial charge in [-0.15, -0.1) is 0 Å². The van der Waals surface area contributed by atoms with E-state index in [1.807, 2.05) is 30.3 Å². The second kappa shape index (κ2) is 7.94. The van der Waals surface area contributed by atoms with Gasteiger partial charge in [0.1, 0.15) is 12.4 Å². The summed E-state index contributed by atoms with van der Waals surface area (Å²) >= 11 is 11.9. The number of Topliss-reactive ketones (excluding diaryl/α,β-unsaturated/α-hetero) is 1. The number of hydrogen-bond acceptors (Lipinski definition) is 5. The Hall–Kier alpha value is -2.83. The van der Waals surface area contributed by atoms with E-state index in [1.54, 1.807) is 18.2 Å². The molecule has 2 aromatic carbocycles. The average Bonchev–Trinajstić information content (AvgIpc) is 3.23. The number of benzene rings is 2. The summed E-state index contributed by atoms with van der Waals surface area (Å²) in [4.78, 5) is 29.2. The molecule has 8 heteroatoms.